The van der Waals surface area contributed by atoms with Crippen LogP contribution in [-0.4, -0.2) is 94.6 Å². The van der Waals surface area contributed by atoms with Crippen LogP contribution in [0, 0.1) is 0 Å². The molecule has 360 valence electrons. The zero-order valence-electron chi connectivity index (χ0n) is 36.0. The summed E-state index contributed by atoms with van der Waals surface area (Å²) < 4.78 is 94.5. The highest BCUT2D eigenvalue weighted by Gasteiger charge is 2.45. The predicted octanol–water partition coefficient (Wildman–Crippen LogP) is 9.21. The number of phenolic OH excluding ortho intramolecular Hbond substituents is 2. The molecule has 22 heteroatoms. The van der Waals surface area contributed by atoms with E-state index in [9.17, 15) is 65.3 Å². The number of ketones is 2. The van der Waals surface area contributed by atoms with Crippen molar-refractivity contribution in [2.75, 3.05) is 48.9 Å². The van der Waals surface area contributed by atoms with Gasteiger partial charge in [-0.3, -0.25) is 19.2 Å². The summed E-state index contributed by atoms with van der Waals surface area (Å²) in [5, 5.41) is 21.3. The first-order valence-electron chi connectivity index (χ1n) is 20.8. The average Bonchev–Trinajstić information content (AvgIpc) is 4.12. The largest absolute Gasteiger partial charge is 0.506 e. The first kappa shape index (κ1) is 47.5. The molecule has 0 radical (unpaired) electrons. The Morgan fingerprint density at radius 2 is 1.04 bits per heavy atom. The number of hydrogen-bond donors (Lipinski definition) is 4. The van der Waals surface area contributed by atoms with Crippen LogP contribution in [-0.2, 0) is 31.4 Å². The molecule has 0 saturated heterocycles. The van der Waals surface area contributed by atoms with Crippen molar-refractivity contribution in [1.29, 1.82) is 0 Å². The molecule has 2 aliphatic heterocycles. The molecule has 2 aromatic heterocycles. The molecule has 14 nitrogen and oxygen atoms in total. The maximum absolute atomic E-state index is 14.3. The summed E-state index contributed by atoms with van der Waals surface area (Å²) in [6.45, 7) is -0.420. The number of aromatic hydroxyl groups is 2. The molecule has 0 saturated carbocycles. The molecule has 4 aromatic carbocycles. The lowest BCUT2D eigenvalue weighted by molar-refractivity contribution is -0.141. The van der Waals surface area contributed by atoms with E-state index in [0.29, 0.717) is 0 Å². The third kappa shape index (κ3) is 7.35. The Bertz CT molecular complexity index is 3170. The van der Waals surface area contributed by atoms with Crippen LogP contribution in [0.3, 0.4) is 0 Å². The fraction of sp³-hybridized carbons (Fsp3) is 0.208. The van der Waals surface area contributed by atoms with E-state index in [1.165, 1.54) is 48.6 Å². The number of esters is 2. The van der Waals surface area contributed by atoms with Crippen molar-refractivity contribution >= 4 is 104 Å². The second kappa shape index (κ2) is 17.1. The highest BCUT2D eigenvalue weighted by atomic mass is 35.5. The zero-order chi connectivity index (χ0) is 50.5. The number of halogens is 8. The maximum atomic E-state index is 14.3. The molecule has 0 bridgehead atoms. The Kier molecular flexibility index (Phi) is 11.6. The predicted molar refractivity (Wildman–Crippen MR) is 242 cm³/mol. The number of benzene rings is 4. The van der Waals surface area contributed by atoms with E-state index < -0.39 is 105 Å². The number of carbonyl (C=O) groups excluding carboxylic acids is 6. The van der Waals surface area contributed by atoms with E-state index in [1.54, 1.807) is 0 Å². The standard InChI is InChI=1S/C48H32Cl2F6N4O10/c1-69-45(67)37-35-31-21(15-49)17-59(25(31)13-27(61)39(35)57-43(37)47(51,52)53)29(63)11-9-19-7-8-20(34-33(19)41(65)23-5-3-4-6-24(23)42(34)66)10-12-30(64)60-18-22(16-50)32-26(60)14-28(62)40-36(32)38(46(68)70-2)44(58-40)48(54,55)56/h3-14,21-22,57-58,61-62H,15-18H2,1-2H3/b11-9+,12-10+/t21-,22-/m1/s1. The molecule has 70 heavy (non-hydrogen) atoms. The van der Waals surface area contributed by atoms with Gasteiger partial charge in [-0.05, 0) is 34.4 Å². The topological polar surface area (TPSA) is 199 Å². The Hall–Kier alpha value is -7.58. The Labute approximate surface area is 399 Å². The number of nitrogens with zero attached hydrogens (tertiary/aromatic N) is 2. The molecule has 3 aliphatic rings. The van der Waals surface area contributed by atoms with E-state index >= 15 is 0 Å². The van der Waals surface area contributed by atoms with E-state index in [2.05, 4.69) is 19.4 Å². The molecular weight excluding hydrogens is 977 g/mol. The first-order chi connectivity index (χ1) is 33.2. The number of aromatic nitrogens is 2. The third-order valence-corrected chi connectivity index (χ3v) is 13.3. The highest BCUT2D eigenvalue weighted by Crippen LogP contribution is 2.51. The van der Waals surface area contributed by atoms with E-state index in [1.807, 2.05) is 0 Å². The number of fused-ring (bicyclic) bond motifs is 8. The van der Waals surface area contributed by atoms with Crippen LogP contribution in [0.2, 0.25) is 0 Å². The Morgan fingerprint density at radius 3 is 1.37 bits per heavy atom. The van der Waals surface area contributed by atoms with Crippen LogP contribution in [0.5, 0.6) is 11.5 Å². The number of nitrogens with one attached hydrogen (secondary N) is 2. The third-order valence-electron chi connectivity index (χ3n) is 12.6. The van der Waals surface area contributed by atoms with Gasteiger partial charge in [-0.15, -0.1) is 23.2 Å². The number of alkyl halides is 8. The molecule has 0 spiro atoms. The summed E-state index contributed by atoms with van der Waals surface area (Å²) in [6.07, 6.45) is -5.64. The minimum absolute atomic E-state index is 0.0268. The van der Waals surface area contributed by atoms with Crippen LogP contribution < -0.4 is 9.80 Å². The second-order valence-corrected chi connectivity index (χ2v) is 17.0. The van der Waals surface area contributed by atoms with Crippen LogP contribution in [0.4, 0.5) is 37.7 Å². The smallest absolute Gasteiger partial charge is 0.432 e. The number of phenols is 2. The lowest BCUT2D eigenvalue weighted by atomic mass is 9.79. The van der Waals surface area contributed by atoms with Crippen molar-refractivity contribution < 1.29 is 74.8 Å². The normalized spacial score (nSPS) is 16.7. The molecule has 9 rings (SSSR count). The van der Waals surface area contributed by atoms with Gasteiger partial charge in [-0.2, -0.15) is 26.3 Å². The molecule has 0 unspecified atom stereocenters. The number of ether oxygens (including phenoxy) is 2. The van der Waals surface area contributed by atoms with E-state index in [4.69, 9.17) is 23.2 Å². The maximum Gasteiger partial charge on any atom is 0.432 e. The van der Waals surface area contributed by atoms with Crippen molar-refractivity contribution in [3.8, 4) is 11.5 Å². The zero-order valence-corrected chi connectivity index (χ0v) is 37.5. The van der Waals surface area contributed by atoms with Gasteiger partial charge >= 0.3 is 24.3 Å². The summed E-state index contributed by atoms with van der Waals surface area (Å²) in [6, 6.07) is 10.8. The van der Waals surface area contributed by atoms with Crippen molar-refractivity contribution in [3.05, 3.63) is 128 Å². The van der Waals surface area contributed by atoms with Gasteiger partial charge < -0.3 is 39.5 Å². The van der Waals surface area contributed by atoms with Gasteiger partial charge in [0, 0.05) is 94.0 Å². The van der Waals surface area contributed by atoms with Gasteiger partial charge in [0.15, 0.2) is 11.6 Å². The number of aromatic amines is 2. The lowest BCUT2D eigenvalue weighted by Gasteiger charge is -2.21. The Balaban J connectivity index is 1.10. The number of carbonyl (C=O) groups is 6. The fourth-order valence-corrected chi connectivity index (χ4v) is 10.1. The number of hydrogen-bond acceptors (Lipinski definition) is 10. The van der Waals surface area contributed by atoms with Gasteiger partial charge in [0.1, 0.15) is 22.9 Å². The average molecular weight is 1010 g/mol. The highest BCUT2D eigenvalue weighted by molar-refractivity contribution is 6.31. The summed E-state index contributed by atoms with van der Waals surface area (Å²) in [4.78, 5) is 88.8. The minimum Gasteiger partial charge on any atom is -0.506 e. The summed E-state index contributed by atoms with van der Waals surface area (Å²) in [5.41, 5.74) is -5.82. The van der Waals surface area contributed by atoms with Crippen molar-refractivity contribution in [2.24, 2.45) is 0 Å². The van der Waals surface area contributed by atoms with Crippen LogP contribution >= 0.6 is 23.2 Å². The van der Waals surface area contributed by atoms with Crippen LogP contribution in [0.15, 0.2) is 60.7 Å². The minimum atomic E-state index is -5.09. The molecule has 0 fully saturated rings. The quantitative estimate of drug-likeness (QED) is 0.0493. The molecule has 4 heterocycles. The fourth-order valence-electron chi connectivity index (χ4n) is 9.59. The summed E-state index contributed by atoms with van der Waals surface area (Å²) in [5.74, 6) is -9.17. The van der Waals surface area contributed by atoms with Crippen molar-refractivity contribution in [2.45, 2.75) is 24.2 Å². The van der Waals surface area contributed by atoms with Gasteiger partial charge in [0.2, 0.25) is 0 Å². The molecule has 4 N–H and O–H groups in total. The van der Waals surface area contributed by atoms with Gasteiger partial charge in [-0.1, -0.05) is 36.4 Å². The lowest BCUT2D eigenvalue weighted by Crippen LogP contribution is -2.28. The number of anilines is 2. The molecule has 2 atom stereocenters. The molecular formula is C48H32Cl2F6N4O10. The second-order valence-electron chi connectivity index (χ2n) is 16.4. The SMILES string of the molecule is COC(=O)c1c(C(F)(F)F)[nH]c2c(O)cc3c(c12)[C@H](CCl)CN3C(=O)/C=C/c1ccc(/C=C/C(=O)N2C[C@@H](CCl)c3c2cc(O)c2[nH]c(C(F)(F)F)c(C(=O)OC)c32)c2c1C(=O)c1ccccc1C2=O. The van der Waals surface area contributed by atoms with Gasteiger partial charge in [-0.25, -0.2) is 9.59 Å². The van der Waals surface area contributed by atoms with Crippen LogP contribution in [0.1, 0.15) is 98.0 Å². The molecule has 2 amide bonds. The van der Waals surface area contributed by atoms with Crippen LogP contribution in [0.25, 0.3) is 34.0 Å². The van der Waals surface area contributed by atoms with Crippen molar-refractivity contribution in [1.82, 2.24) is 9.97 Å². The number of H-pyrrole nitrogens is 2. The number of rotatable bonds is 8. The molecule has 1 aliphatic carbocycles. The summed E-state index contributed by atoms with van der Waals surface area (Å²) in [7, 11) is 1.77. The summed E-state index contributed by atoms with van der Waals surface area (Å²) >= 11 is 12.6. The van der Waals surface area contributed by atoms with Crippen molar-refractivity contribution in [3.63, 3.8) is 0 Å². The van der Waals surface area contributed by atoms with Gasteiger partial charge in [0.25, 0.3) is 11.8 Å². The monoisotopic (exact) mass is 1010 g/mol. The molecule has 6 aromatic rings. The van der Waals surface area contributed by atoms with E-state index in [0.717, 1.165) is 48.3 Å². The first-order valence-corrected chi connectivity index (χ1v) is 21.8. The van der Waals surface area contributed by atoms with Gasteiger partial charge in [0.05, 0.1) is 47.8 Å². The van der Waals surface area contributed by atoms with E-state index in [-0.39, 0.29) is 91.5 Å². The number of methoxy groups -OCH3 is 2. The Morgan fingerprint density at radius 1 is 0.671 bits per heavy atom. The number of amides is 2.